The third-order valence-corrected chi connectivity index (χ3v) is 1.57. The van der Waals surface area contributed by atoms with Gasteiger partial charge in [-0.25, -0.2) is 0 Å². The highest BCUT2D eigenvalue weighted by Crippen LogP contribution is 2.25. The summed E-state index contributed by atoms with van der Waals surface area (Å²) in [4.78, 5) is 21.1. The Morgan fingerprint density at radius 3 is 2.54 bits per heavy atom. The number of hydrogen-bond acceptors (Lipinski definition) is 4. The first-order valence-corrected chi connectivity index (χ1v) is 3.64. The van der Waals surface area contributed by atoms with Crippen molar-refractivity contribution in [3.05, 3.63) is 23.8 Å². The molecular formula is C9H8O4. The van der Waals surface area contributed by atoms with Gasteiger partial charge in [0.25, 0.3) is 0 Å². The van der Waals surface area contributed by atoms with Crippen molar-refractivity contribution in [1.29, 1.82) is 0 Å². The van der Waals surface area contributed by atoms with E-state index >= 15 is 0 Å². The minimum atomic E-state index is -0.384. The Labute approximate surface area is 74.4 Å². The Kier molecular flexibility index (Phi) is 2.64. The highest BCUT2D eigenvalue weighted by molar-refractivity contribution is 6.03. The molecule has 13 heavy (non-hydrogen) atoms. The number of Topliss-reactive ketones (excluding diaryl/α,β-unsaturated/α-hetero) is 1. The Morgan fingerprint density at radius 2 is 2.00 bits per heavy atom. The number of carbonyl (C=O) groups excluding carboxylic acids is 2. The molecule has 0 aliphatic rings. The number of rotatable bonds is 3. The molecule has 0 aromatic heterocycles. The SMILES string of the molecule is O=CCC(=O)c1ccc(O)c(O)c1. The lowest BCUT2D eigenvalue weighted by Gasteiger charge is -1.99. The minimum absolute atomic E-state index is 0.211. The number of ketones is 1. The van der Waals surface area contributed by atoms with Crippen molar-refractivity contribution >= 4 is 12.1 Å². The van der Waals surface area contributed by atoms with E-state index in [-0.39, 0.29) is 29.3 Å². The van der Waals surface area contributed by atoms with Crippen molar-refractivity contribution in [3.63, 3.8) is 0 Å². The number of carbonyl (C=O) groups is 2. The van der Waals surface area contributed by atoms with Crippen LogP contribution in [-0.4, -0.2) is 22.3 Å². The van der Waals surface area contributed by atoms with E-state index in [0.29, 0.717) is 6.29 Å². The second-order valence-corrected chi connectivity index (χ2v) is 2.50. The summed E-state index contributed by atoms with van der Waals surface area (Å²) in [5.41, 5.74) is 0.211. The van der Waals surface area contributed by atoms with Gasteiger partial charge in [-0.3, -0.25) is 4.79 Å². The van der Waals surface area contributed by atoms with E-state index in [0.717, 1.165) is 6.07 Å². The summed E-state index contributed by atoms with van der Waals surface area (Å²) in [5, 5.41) is 18.0. The van der Waals surface area contributed by atoms with Gasteiger partial charge in [-0.2, -0.15) is 0 Å². The summed E-state index contributed by atoms with van der Waals surface area (Å²) < 4.78 is 0. The molecule has 1 rings (SSSR count). The maximum absolute atomic E-state index is 11.1. The zero-order chi connectivity index (χ0) is 9.84. The van der Waals surface area contributed by atoms with Gasteiger partial charge in [0.15, 0.2) is 17.3 Å². The second-order valence-electron chi connectivity index (χ2n) is 2.50. The maximum Gasteiger partial charge on any atom is 0.170 e. The first-order valence-electron chi connectivity index (χ1n) is 3.64. The predicted octanol–water partition coefficient (Wildman–Crippen LogP) is 0.869. The molecule has 0 spiro atoms. The van der Waals surface area contributed by atoms with Crippen LogP contribution in [0.2, 0.25) is 0 Å². The predicted molar refractivity (Wildman–Crippen MR) is 44.8 cm³/mol. The molecular weight excluding hydrogens is 172 g/mol. The summed E-state index contributed by atoms with van der Waals surface area (Å²) in [5.74, 6) is -1.04. The molecule has 0 bridgehead atoms. The van der Waals surface area contributed by atoms with Crippen LogP contribution in [0.4, 0.5) is 0 Å². The van der Waals surface area contributed by atoms with E-state index in [2.05, 4.69) is 0 Å². The van der Waals surface area contributed by atoms with E-state index < -0.39 is 0 Å². The standard InChI is InChI=1S/C9H8O4/c10-4-3-7(11)6-1-2-8(12)9(13)5-6/h1-2,4-5,12-13H,3H2. The number of phenols is 2. The number of aromatic hydroxyl groups is 2. The summed E-state index contributed by atoms with van der Waals surface area (Å²) in [6, 6.07) is 3.68. The first-order chi connectivity index (χ1) is 6.15. The van der Waals surface area contributed by atoms with Gasteiger partial charge in [-0.1, -0.05) is 0 Å². The molecule has 0 unspecified atom stereocenters. The molecule has 0 heterocycles. The van der Waals surface area contributed by atoms with Crippen LogP contribution >= 0.6 is 0 Å². The van der Waals surface area contributed by atoms with Gasteiger partial charge in [-0.15, -0.1) is 0 Å². The van der Waals surface area contributed by atoms with Crippen LogP contribution in [0.1, 0.15) is 16.8 Å². The lowest BCUT2D eigenvalue weighted by atomic mass is 10.1. The quantitative estimate of drug-likeness (QED) is 0.313. The fourth-order valence-electron chi connectivity index (χ4n) is 0.890. The largest absolute Gasteiger partial charge is 0.504 e. The van der Waals surface area contributed by atoms with Gasteiger partial charge in [0.05, 0.1) is 6.42 Å². The normalized spacial score (nSPS) is 9.54. The molecule has 0 saturated carbocycles. The van der Waals surface area contributed by atoms with Gasteiger partial charge >= 0.3 is 0 Å². The monoisotopic (exact) mass is 180 g/mol. The van der Waals surface area contributed by atoms with Crippen molar-refractivity contribution in [2.75, 3.05) is 0 Å². The molecule has 68 valence electrons. The Balaban J connectivity index is 2.96. The van der Waals surface area contributed by atoms with Gasteiger partial charge in [-0.05, 0) is 18.2 Å². The first kappa shape index (κ1) is 9.25. The van der Waals surface area contributed by atoms with Crippen LogP contribution in [-0.2, 0) is 4.79 Å². The van der Waals surface area contributed by atoms with Crippen molar-refractivity contribution in [1.82, 2.24) is 0 Å². The fourth-order valence-corrected chi connectivity index (χ4v) is 0.890. The Hall–Kier alpha value is -1.84. The number of aldehydes is 1. The smallest absolute Gasteiger partial charge is 0.170 e. The van der Waals surface area contributed by atoms with Crippen LogP contribution < -0.4 is 0 Å². The van der Waals surface area contributed by atoms with E-state index in [1.807, 2.05) is 0 Å². The molecule has 2 N–H and O–H groups in total. The van der Waals surface area contributed by atoms with E-state index in [9.17, 15) is 9.59 Å². The lowest BCUT2D eigenvalue weighted by molar-refractivity contribution is -0.107. The molecule has 4 nitrogen and oxygen atoms in total. The maximum atomic E-state index is 11.1. The number of benzene rings is 1. The molecule has 0 atom stereocenters. The third kappa shape index (κ3) is 2.05. The Bertz CT molecular complexity index is 343. The molecule has 0 fully saturated rings. The van der Waals surface area contributed by atoms with Gasteiger partial charge < -0.3 is 15.0 Å². The molecule has 0 amide bonds. The van der Waals surface area contributed by atoms with Gasteiger partial charge in [0.1, 0.15) is 6.29 Å². The second kappa shape index (κ2) is 3.71. The number of hydrogen-bond donors (Lipinski definition) is 2. The van der Waals surface area contributed by atoms with Crippen LogP contribution in [0.25, 0.3) is 0 Å². The Morgan fingerprint density at radius 1 is 1.31 bits per heavy atom. The molecule has 4 heteroatoms. The summed E-state index contributed by atoms with van der Waals surface area (Å²) in [7, 11) is 0. The molecule has 0 aliphatic heterocycles. The van der Waals surface area contributed by atoms with Crippen molar-refractivity contribution in [2.45, 2.75) is 6.42 Å². The van der Waals surface area contributed by atoms with E-state index in [1.54, 1.807) is 0 Å². The van der Waals surface area contributed by atoms with E-state index in [1.165, 1.54) is 12.1 Å². The minimum Gasteiger partial charge on any atom is -0.504 e. The van der Waals surface area contributed by atoms with Gasteiger partial charge in [0, 0.05) is 5.56 Å². The molecule has 0 aliphatic carbocycles. The lowest BCUT2D eigenvalue weighted by Crippen LogP contribution is -1.98. The molecule has 0 saturated heterocycles. The van der Waals surface area contributed by atoms with Crippen molar-refractivity contribution in [3.8, 4) is 11.5 Å². The zero-order valence-electron chi connectivity index (χ0n) is 6.73. The third-order valence-electron chi connectivity index (χ3n) is 1.57. The average Bonchev–Trinajstić information content (AvgIpc) is 2.10. The van der Waals surface area contributed by atoms with Crippen LogP contribution in [0.15, 0.2) is 18.2 Å². The van der Waals surface area contributed by atoms with E-state index in [4.69, 9.17) is 10.2 Å². The van der Waals surface area contributed by atoms with Crippen LogP contribution in [0, 0.1) is 0 Å². The summed E-state index contributed by atoms with van der Waals surface area (Å²) in [6.07, 6.45) is 0.274. The van der Waals surface area contributed by atoms with Crippen LogP contribution in [0.3, 0.4) is 0 Å². The zero-order valence-corrected chi connectivity index (χ0v) is 6.73. The van der Waals surface area contributed by atoms with Crippen LogP contribution in [0.5, 0.6) is 11.5 Å². The topological polar surface area (TPSA) is 74.6 Å². The fraction of sp³-hybridized carbons (Fsp3) is 0.111. The summed E-state index contributed by atoms with van der Waals surface area (Å²) >= 11 is 0. The molecule has 0 radical (unpaired) electrons. The molecule has 1 aromatic carbocycles. The average molecular weight is 180 g/mol. The van der Waals surface area contributed by atoms with Gasteiger partial charge in [0.2, 0.25) is 0 Å². The highest BCUT2D eigenvalue weighted by Gasteiger charge is 2.07. The van der Waals surface area contributed by atoms with Crippen molar-refractivity contribution < 1.29 is 19.8 Å². The van der Waals surface area contributed by atoms with Crippen molar-refractivity contribution in [2.24, 2.45) is 0 Å². The number of phenolic OH excluding ortho intramolecular Hbond substituents is 2. The highest BCUT2D eigenvalue weighted by atomic mass is 16.3. The summed E-state index contributed by atoms with van der Waals surface area (Å²) in [6.45, 7) is 0. The molecule has 1 aromatic rings.